The molecule has 2 N–H and O–H groups in total. The van der Waals surface area contributed by atoms with Crippen LogP contribution in [0.2, 0.25) is 0 Å². The SMILES string of the molecule is O=C(O)C12CCOCC1CNC2. The van der Waals surface area contributed by atoms with E-state index in [4.69, 9.17) is 9.84 Å². The molecule has 0 saturated carbocycles. The van der Waals surface area contributed by atoms with Crippen molar-refractivity contribution in [1.29, 1.82) is 0 Å². The lowest BCUT2D eigenvalue weighted by atomic mass is 9.74. The molecule has 2 fully saturated rings. The van der Waals surface area contributed by atoms with Crippen molar-refractivity contribution in [2.75, 3.05) is 26.3 Å². The van der Waals surface area contributed by atoms with Gasteiger partial charge in [-0.3, -0.25) is 4.79 Å². The van der Waals surface area contributed by atoms with Crippen LogP contribution in [0, 0.1) is 11.3 Å². The van der Waals surface area contributed by atoms with E-state index in [2.05, 4.69) is 5.32 Å². The Morgan fingerprint density at radius 2 is 2.50 bits per heavy atom. The number of nitrogens with one attached hydrogen (secondary N) is 1. The number of hydrogen-bond acceptors (Lipinski definition) is 3. The van der Waals surface area contributed by atoms with Crippen LogP contribution in [-0.4, -0.2) is 37.4 Å². The molecule has 2 heterocycles. The van der Waals surface area contributed by atoms with Gasteiger partial charge in [-0.05, 0) is 6.42 Å². The van der Waals surface area contributed by atoms with Crippen molar-refractivity contribution in [3.63, 3.8) is 0 Å². The molecule has 0 aromatic heterocycles. The van der Waals surface area contributed by atoms with Gasteiger partial charge in [0, 0.05) is 25.6 Å². The van der Waals surface area contributed by atoms with Gasteiger partial charge < -0.3 is 15.2 Å². The monoisotopic (exact) mass is 171 g/mol. The van der Waals surface area contributed by atoms with Crippen LogP contribution < -0.4 is 5.32 Å². The largest absolute Gasteiger partial charge is 0.481 e. The molecule has 4 heteroatoms. The number of rotatable bonds is 1. The summed E-state index contributed by atoms with van der Waals surface area (Å²) in [5, 5.41) is 12.2. The van der Waals surface area contributed by atoms with E-state index in [9.17, 15) is 4.79 Å². The molecule has 2 unspecified atom stereocenters. The van der Waals surface area contributed by atoms with Crippen molar-refractivity contribution in [2.45, 2.75) is 6.42 Å². The summed E-state index contributed by atoms with van der Waals surface area (Å²) >= 11 is 0. The van der Waals surface area contributed by atoms with E-state index < -0.39 is 11.4 Å². The second-order valence-corrected chi connectivity index (χ2v) is 3.61. The van der Waals surface area contributed by atoms with Gasteiger partial charge in [-0.25, -0.2) is 0 Å². The Hall–Kier alpha value is -0.610. The van der Waals surface area contributed by atoms with E-state index in [-0.39, 0.29) is 5.92 Å². The Labute approximate surface area is 70.9 Å². The van der Waals surface area contributed by atoms with Crippen molar-refractivity contribution in [3.05, 3.63) is 0 Å². The van der Waals surface area contributed by atoms with Crippen LogP contribution in [-0.2, 0) is 9.53 Å². The number of carboxylic acid groups (broad SMARTS) is 1. The summed E-state index contributed by atoms with van der Waals surface area (Å²) in [6.45, 7) is 2.58. The van der Waals surface area contributed by atoms with Crippen LogP contribution in [0.4, 0.5) is 0 Å². The summed E-state index contributed by atoms with van der Waals surface area (Å²) in [7, 11) is 0. The molecule has 0 bridgehead atoms. The van der Waals surface area contributed by atoms with Crippen molar-refractivity contribution in [1.82, 2.24) is 5.32 Å². The Kier molecular flexibility index (Phi) is 1.81. The van der Waals surface area contributed by atoms with E-state index in [0.717, 1.165) is 6.54 Å². The molecule has 0 aromatic rings. The molecule has 0 spiro atoms. The van der Waals surface area contributed by atoms with E-state index >= 15 is 0 Å². The molecule has 0 aliphatic carbocycles. The van der Waals surface area contributed by atoms with Crippen molar-refractivity contribution >= 4 is 5.97 Å². The van der Waals surface area contributed by atoms with Gasteiger partial charge >= 0.3 is 5.97 Å². The Morgan fingerprint density at radius 3 is 3.17 bits per heavy atom. The molecule has 2 atom stereocenters. The zero-order valence-electron chi connectivity index (χ0n) is 6.88. The fraction of sp³-hybridized carbons (Fsp3) is 0.875. The number of hydrogen-bond donors (Lipinski definition) is 2. The smallest absolute Gasteiger partial charge is 0.311 e. The fourth-order valence-electron chi connectivity index (χ4n) is 2.16. The van der Waals surface area contributed by atoms with Crippen LogP contribution in [0.15, 0.2) is 0 Å². The average molecular weight is 171 g/mol. The van der Waals surface area contributed by atoms with Crippen molar-refractivity contribution < 1.29 is 14.6 Å². The van der Waals surface area contributed by atoms with E-state index in [1.807, 2.05) is 0 Å². The molecule has 2 saturated heterocycles. The molecule has 2 aliphatic heterocycles. The second kappa shape index (κ2) is 2.71. The molecule has 0 aromatic carbocycles. The Balaban J connectivity index is 2.23. The van der Waals surface area contributed by atoms with Crippen LogP contribution in [0.25, 0.3) is 0 Å². The Morgan fingerprint density at radius 1 is 1.67 bits per heavy atom. The predicted molar refractivity (Wildman–Crippen MR) is 41.9 cm³/mol. The van der Waals surface area contributed by atoms with Gasteiger partial charge in [-0.1, -0.05) is 0 Å². The van der Waals surface area contributed by atoms with Gasteiger partial charge in [0.05, 0.1) is 12.0 Å². The topological polar surface area (TPSA) is 58.6 Å². The van der Waals surface area contributed by atoms with Gasteiger partial charge in [0.25, 0.3) is 0 Å². The predicted octanol–water partition coefficient (Wildman–Crippen LogP) is -0.303. The molecule has 12 heavy (non-hydrogen) atoms. The van der Waals surface area contributed by atoms with Crippen LogP contribution in [0.3, 0.4) is 0 Å². The zero-order chi connectivity index (χ0) is 8.60. The van der Waals surface area contributed by atoms with E-state index in [1.54, 1.807) is 0 Å². The summed E-state index contributed by atoms with van der Waals surface area (Å²) < 4.78 is 5.26. The number of fused-ring (bicyclic) bond motifs is 1. The van der Waals surface area contributed by atoms with Crippen LogP contribution in [0.1, 0.15) is 6.42 Å². The molecule has 2 aliphatic rings. The highest BCUT2D eigenvalue weighted by molar-refractivity contribution is 5.76. The minimum absolute atomic E-state index is 0.170. The molecular weight excluding hydrogens is 158 g/mol. The highest BCUT2D eigenvalue weighted by atomic mass is 16.5. The van der Waals surface area contributed by atoms with E-state index in [0.29, 0.717) is 26.2 Å². The lowest BCUT2D eigenvalue weighted by Gasteiger charge is -2.34. The number of ether oxygens (including phenoxy) is 1. The first-order valence-corrected chi connectivity index (χ1v) is 4.27. The summed E-state index contributed by atoms with van der Waals surface area (Å²) in [6.07, 6.45) is 0.653. The molecule has 0 radical (unpaired) electrons. The first-order chi connectivity index (χ1) is 5.76. The van der Waals surface area contributed by atoms with Crippen molar-refractivity contribution in [2.24, 2.45) is 11.3 Å². The Bertz CT molecular complexity index is 206. The lowest BCUT2D eigenvalue weighted by Crippen LogP contribution is -2.44. The highest BCUT2D eigenvalue weighted by Gasteiger charge is 2.50. The quantitative estimate of drug-likeness (QED) is 0.568. The molecule has 2 rings (SSSR count). The first kappa shape index (κ1) is 8.01. The zero-order valence-corrected chi connectivity index (χ0v) is 6.88. The maximum absolute atomic E-state index is 11.1. The molecular formula is C8H13NO3. The number of carbonyl (C=O) groups is 1. The third kappa shape index (κ3) is 0.949. The van der Waals surface area contributed by atoms with Gasteiger partial charge in [0.2, 0.25) is 0 Å². The maximum atomic E-state index is 11.1. The molecule has 0 amide bonds. The number of carboxylic acids is 1. The van der Waals surface area contributed by atoms with Gasteiger partial charge in [-0.15, -0.1) is 0 Å². The second-order valence-electron chi connectivity index (χ2n) is 3.61. The highest BCUT2D eigenvalue weighted by Crippen LogP contribution is 2.38. The molecule has 4 nitrogen and oxygen atoms in total. The lowest BCUT2D eigenvalue weighted by molar-refractivity contribution is -0.157. The average Bonchev–Trinajstić information content (AvgIpc) is 2.48. The van der Waals surface area contributed by atoms with Gasteiger partial charge in [-0.2, -0.15) is 0 Å². The minimum Gasteiger partial charge on any atom is -0.481 e. The minimum atomic E-state index is -0.666. The summed E-state index contributed by atoms with van der Waals surface area (Å²) in [5.41, 5.74) is -0.530. The van der Waals surface area contributed by atoms with Crippen LogP contribution >= 0.6 is 0 Å². The fourth-order valence-corrected chi connectivity index (χ4v) is 2.16. The van der Waals surface area contributed by atoms with Gasteiger partial charge in [0.1, 0.15) is 0 Å². The summed E-state index contributed by atoms with van der Waals surface area (Å²) in [4.78, 5) is 11.1. The number of aliphatic carboxylic acids is 1. The standard InChI is InChI=1S/C8H13NO3/c10-7(11)8-1-2-12-4-6(8)3-9-5-8/h6,9H,1-5H2,(H,10,11). The first-order valence-electron chi connectivity index (χ1n) is 4.27. The summed E-state index contributed by atoms with van der Waals surface area (Å²) in [6, 6.07) is 0. The van der Waals surface area contributed by atoms with Gasteiger partial charge in [0.15, 0.2) is 0 Å². The normalized spacial score (nSPS) is 40.8. The third-order valence-electron chi connectivity index (χ3n) is 3.05. The van der Waals surface area contributed by atoms with E-state index in [1.165, 1.54) is 0 Å². The third-order valence-corrected chi connectivity index (χ3v) is 3.05. The van der Waals surface area contributed by atoms with Crippen LogP contribution in [0.5, 0.6) is 0 Å². The summed E-state index contributed by atoms with van der Waals surface area (Å²) in [5.74, 6) is -0.496. The maximum Gasteiger partial charge on any atom is 0.311 e. The van der Waals surface area contributed by atoms with Crippen molar-refractivity contribution in [3.8, 4) is 0 Å². The molecule has 68 valence electrons.